The quantitative estimate of drug-likeness (QED) is 0.704. The molecule has 1 aliphatic heterocycles. The summed E-state index contributed by atoms with van der Waals surface area (Å²) in [6.45, 7) is 4.62. The Morgan fingerprint density at radius 1 is 1.47 bits per heavy atom. The first-order chi connectivity index (χ1) is 7.36. The Balaban J connectivity index is 2.09. The molecule has 3 nitrogen and oxygen atoms in total. The van der Waals surface area contributed by atoms with Crippen LogP contribution >= 0.6 is 0 Å². The first-order valence-electron chi connectivity index (χ1n) is 6.23. The summed E-state index contributed by atoms with van der Waals surface area (Å²) in [5.74, 6) is 0. The van der Waals surface area contributed by atoms with Gasteiger partial charge in [0.15, 0.2) is 0 Å². The molecule has 90 valence electrons. The van der Waals surface area contributed by atoms with Crippen molar-refractivity contribution < 1.29 is 9.47 Å². The van der Waals surface area contributed by atoms with Gasteiger partial charge in [-0.05, 0) is 46.1 Å². The lowest BCUT2D eigenvalue weighted by Gasteiger charge is -2.24. The van der Waals surface area contributed by atoms with E-state index in [4.69, 9.17) is 9.47 Å². The number of rotatable bonds is 7. The Hall–Kier alpha value is -0.120. The summed E-state index contributed by atoms with van der Waals surface area (Å²) in [5.41, 5.74) is 0. The molecule has 1 heterocycles. The van der Waals surface area contributed by atoms with Crippen LogP contribution in [0.5, 0.6) is 0 Å². The van der Waals surface area contributed by atoms with Gasteiger partial charge in [-0.2, -0.15) is 0 Å². The van der Waals surface area contributed by atoms with Gasteiger partial charge in [-0.25, -0.2) is 0 Å². The van der Waals surface area contributed by atoms with E-state index in [0.29, 0.717) is 12.1 Å². The minimum absolute atomic E-state index is 0.482. The van der Waals surface area contributed by atoms with Gasteiger partial charge in [0.05, 0.1) is 12.7 Å². The predicted octanol–water partition coefficient (Wildman–Crippen LogP) is 1.96. The maximum Gasteiger partial charge on any atom is 0.0619 e. The van der Waals surface area contributed by atoms with Gasteiger partial charge in [-0.15, -0.1) is 0 Å². The Morgan fingerprint density at radius 3 is 2.93 bits per heavy atom. The van der Waals surface area contributed by atoms with E-state index in [1.165, 1.54) is 25.7 Å². The highest BCUT2D eigenvalue weighted by atomic mass is 16.5. The highest BCUT2D eigenvalue weighted by molar-refractivity contribution is 4.70. The second-order valence-electron chi connectivity index (χ2n) is 4.21. The van der Waals surface area contributed by atoms with Crippen LogP contribution in [-0.4, -0.2) is 39.0 Å². The van der Waals surface area contributed by atoms with E-state index < -0.39 is 0 Å². The molecule has 0 aromatic carbocycles. The molecule has 0 bridgehead atoms. The third-order valence-electron chi connectivity index (χ3n) is 3.04. The molecule has 0 aromatic heterocycles. The van der Waals surface area contributed by atoms with Crippen LogP contribution in [0, 0.1) is 0 Å². The summed E-state index contributed by atoms with van der Waals surface area (Å²) >= 11 is 0. The van der Waals surface area contributed by atoms with E-state index in [1.807, 2.05) is 14.0 Å². The van der Waals surface area contributed by atoms with Crippen molar-refractivity contribution in [2.75, 3.05) is 26.9 Å². The van der Waals surface area contributed by atoms with Gasteiger partial charge in [0.1, 0.15) is 0 Å². The number of hydrogen-bond acceptors (Lipinski definition) is 3. The molecule has 0 amide bonds. The monoisotopic (exact) mass is 215 g/mol. The van der Waals surface area contributed by atoms with Crippen LogP contribution in [-0.2, 0) is 9.47 Å². The molecular formula is C12H25NO2. The number of ether oxygens (including phenoxy) is 2. The molecule has 0 spiro atoms. The molecule has 1 saturated heterocycles. The zero-order valence-electron chi connectivity index (χ0n) is 10.1. The Bertz CT molecular complexity index is 147. The highest BCUT2D eigenvalue weighted by Crippen LogP contribution is 2.17. The first kappa shape index (κ1) is 12.9. The van der Waals surface area contributed by atoms with Gasteiger partial charge in [0.25, 0.3) is 0 Å². The van der Waals surface area contributed by atoms with Gasteiger partial charge in [0.2, 0.25) is 0 Å². The van der Waals surface area contributed by atoms with Crippen molar-refractivity contribution in [1.29, 1.82) is 0 Å². The zero-order valence-corrected chi connectivity index (χ0v) is 10.1. The van der Waals surface area contributed by atoms with Crippen molar-refractivity contribution in [1.82, 2.24) is 5.32 Å². The van der Waals surface area contributed by atoms with Crippen molar-refractivity contribution in [2.45, 2.75) is 51.2 Å². The van der Waals surface area contributed by atoms with Crippen molar-refractivity contribution in [3.05, 3.63) is 0 Å². The average molecular weight is 215 g/mol. The molecule has 1 N–H and O–H groups in total. The van der Waals surface area contributed by atoms with Crippen LogP contribution in [0.15, 0.2) is 0 Å². The summed E-state index contributed by atoms with van der Waals surface area (Å²) in [6, 6.07) is 0.482. The van der Waals surface area contributed by atoms with Gasteiger partial charge < -0.3 is 14.8 Å². The van der Waals surface area contributed by atoms with Gasteiger partial charge in [-0.3, -0.25) is 0 Å². The largest absolute Gasteiger partial charge is 0.380 e. The van der Waals surface area contributed by atoms with Gasteiger partial charge in [0, 0.05) is 19.3 Å². The molecule has 1 fully saturated rings. The summed E-state index contributed by atoms with van der Waals surface area (Å²) in [6.07, 6.45) is 6.63. The Labute approximate surface area is 93.5 Å². The van der Waals surface area contributed by atoms with Crippen LogP contribution in [0.4, 0.5) is 0 Å². The number of hydrogen-bond donors (Lipinski definition) is 1. The van der Waals surface area contributed by atoms with E-state index in [-0.39, 0.29) is 0 Å². The molecule has 0 radical (unpaired) electrons. The van der Waals surface area contributed by atoms with Crippen molar-refractivity contribution in [3.8, 4) is 0 Å². The van der Waals surface area contributed by atoms with Crippen molar-refractivity contribution >= 4 is 0 Å². The molecule has 1 aliphatic rings. The third-order valence-corrected chi connectivity index (χ3v) is 3.04. The van der Waals surface area contributed by atoms with Crippen LogP contribution in [0.2, 0.25) is 0 Å². The summed E-state index contributed by atoms with van der Waals surface area (Å²) in [5, 5.41) is 3.30. The fraction of sp³-hybridized carbons (Fsp3) is 1.00. The fourth-order valence-corrected chi connectivity index (χ4v) is 1.99. The molecule has 0 aliphatic carbocycles. The van der Waals surface area contributed by atoms with E-state index >= 15 is 0 Å². The molecule has 3 heteroatoms. The topological polar surface area (TPSA) is 30.5 Å². The number of likely N-dealkylation sites (N-methyl/N-ethyl adjacent to an activating group) is 1. The molecule has 1 rings (SSSR count). The van der Waals surface area contributed by atoms with E-state index in [1.54, 1.807) is 0 Å². The standard InChI is InChI=1S/C12H25NO2/c1-3-14-10-11(13-2)7-8-12-6-4-5-9-15-12/h11-13H,3-10H2,1-2H3. The summed E-state index contributed by atoms with van der Waals surface area (Å²) in [7, 11) is 2.01. The predicted molar refractivity (Wildman–Crippen MR) is 62.2 cm³/mol. The average Bonchev–Trinajstić information content (AvgIpc) is 2.31. The van der Waals surface area contributed by atoms with Gasteiger partial charge >= 0.3 is 0 Å². The molecule has 15 heavy (non-hydrogen) atoms. The lowest BCUT2D eigenvalue weighted by atomic mass is 10.0. The normalized spacial score (nSPS) is 24.0. The number of nitrogens with one attached hydrogen (secondary N) is 1. The lowest BCUT2D eigenvalue weighted by molar-refractivity contribution is 0.00648. The fourth-order valence-electron chi connectivity index (χ4n) is 1.99. The van der Waals surface area contributed by atoms with Crippen LogP contribution < -0.4 is 5.32 Å². The van der Waals surface area contributed by atoms with Crippen LogP contribution in [0.25, 0.3) is 0 Å². The maximum atomic E-state index is 5.71. The van der Waals surface area contributed by atoms with Crippen LogP contribution in [0.3, 0.4) is 0 Å². The molecule has 2 atom stereocenters. The maximum absolute atomic E-state index is 5.71. The minimum Gasteiger partial charge on any atom is -0.380 e. The molecule has 0 saturated carbocycles. The van der Waals surface area contributed by atoms with Crippen LogP contribution in [0.1, 0.15) is 39.0 Å². The summed E-state index contributed by atoms with van der Waals surface area (Å²) in [4.78, 5) is 0. The SMILES string of the molecule is CCOCC(CCC1CCCCO1)NC. The van der Waals surface area contributed by atoms with Gasteiger partial charge in [-0.1, -0.05) is 0 Å². The Morgan fingerprint density at radius 2 is 2.33 bits per heavy atom. The van der Waals surface area contributed by atoms with E-state index in [9.17, 15) is 0 Å². The smallest absolute Gasteiger partial charge is 0.0619 e. The second kappa shape index (κ2) is 8.08. The zero-order chi connectivity index (χ0) is 10.9. The first-order valence-corrected chi connectivity index (χ1v) is 6.23. The minimum atomic E-state index is 0.482. The molecule has 0 aromatic rings. The van der Waals surface area contributed by atoms with Crippen molar-refractivity contribution in [3.63, 3.8) is 0 Å². The summed E-state index contributed by atoms with van der Waals surface area (Å²) < 4.78 is 11.1. The molecule has 2 unspecified atom stereocenters. The lowest BCUT2D eigenvalue weighted by Crippen LogP contribution is -2.32. The Kier molecular flexibility index (Phi) is 6.98. The van der Waals surface area contributed by atoms with E-state index in [2.05, 4.69) is 5.32 Å². The van der Waals surface area contributed by atoms with E-state index in [0.717, 1.165) is 26.2 Å². The third kappa shape index (κ3) is 5.50. The second-order valence-corrected chi connectivity index (χ2v) is 4.21. The van der Waals surface area contributed by atoms with Crippen molar-refractivity contribution in [2.24, 2.45) is 0 Å². The highest BCUT2D eigenvalue weighted by Gasteiger charge is 2.15. The molecular weight excluding hydrogens is 190 g/mol.